The van der Waals surface area contributed by atoms with Gasteiger partial charge in [-0.1, -0.05) is 6.92 Å². The van der Waals surface area contributed by atoms with Gasteiger partial charge in [0.05, 0.1) is 18.2 Å². The Morgan fingerprint density at radius 2 is 2.55 bits per heavy atom. The predicted molar refractivity (Wildman–Crippen MR) is 80.9 cm³/mol. The zero-order valence-electron chi connectivity index (χ0n) is 12.2. The van der Waals surface area contributed by atoms with E-state index in [1.165, 1.54) is 12.2 Å². The van der Waals surface area contributed by atoms with Crippen LogP contribution in [0.1, 0.15) is 44.5 Å². The first-order valence-electron chi connectivity index (χ1n) is 7.64. The van der Waals surface area contributed by atoms with E-state index in [-0.39, 0.29) is 5.60 Å². The van der Waals surface area contributed by atoms with Gasteiger partial charge in [0.25, 0.3) is 0 Å². The number of hydrogen-bond donors (Lipinski definition) is 1. The number of thioether (sulfide) groups is 1. The van der Waals surface area contributed by atoms with Crippen LogP contribution in [-0.2, 0) is 11.3 Å². The molecular formula is C14H24N4OS. The third-order valence-electron chi connectivity index (χ3n) is 4.17. The first kappa shape index (κ1) is 14.4. The van der Waals surface area contributed by atoms with Gasteiger partial charge in [0.1, 0.15) is 6.33 Å². The summed E-state index contributed by atoms with van der Waals surface area (Å²) >= 11 is 2.02. The Balaban J connectivity index is 1.60. The molecule has 1 spiro atoms. The normalized spacial score (nSPS) is 30.1. The number of rotatable bonds is 5. The van der Waals surface area contributed by atoms with Crippen molar-refractivity contribution in [3.63, 3.8) is 0 Å². The zero-order valence-corrected chi connectivity index (χ0v) is 13.0. The van der Waals surface area contributed by atoms with Gasteiger partial charge in [0.2, 0.25) is 0 Å². The summed E-state index contributed by atoms with van der Waals surface area (Å²) in [7, 11) is 0. The lowest BCUT2D eigenvalue weighted by Gasteiger charge is -2.37. The van der Waals surface area contributed by atoms with Crippen LogP contribution in [0.15, 0.2) is 6.33 Å². The highest BCUT2D eigenvalue weighted by Crippen LogP contribution is 2.41. The fraction of sp³-hybridized carbons (Fsp3) is 0.857. The highest BCUT2D eigenvalue weighted by Gasteiger charge is 2.41. The second kappa shape index (κ2) is 6.45. The van der Waals surface area contributed by atoms with E-state index in [9.17, 15) is 0 Å². The van der Waals surface area contributed by atoms with Gasteiger partial charge in [-0.15, -0.1) is 0 Å². The zero-order chi connectivity index (χ0) is 13.8. The van der Waals surface area contributed by atoms with Crippen LogP contribution in [0.5, 0.6) is 0 Å². The molecule has 3 heterocycles. The maximum Gasteiger partial charge on any atom is 0.164 e. The van der Waals surface area contributed by atoms with Crippen LogP contribution in [0.4, 0.5) is 0 Å². The van der Waals surface area contributed by atoms with Crippen molar-refractivity contribution in [2.45, 2.75) is 50.8 Å². The lowest BCUT2D eigenvalue weighted by molar-refractivity contribution is -0.0779. The van der Waals surface area contributed by atoms with Gasteiger partial charge >= 0.3 is 0 Å². The third kappa shape index (κ3) is 3.18. The van der Waals surface area contributed by atoms with Crippen molar-refractivity contribution in [1.82, 2.24) is 20.1 Å². The van der Waals surface area contributed by atoms with Crippen molar-refractivity contribution >= 4 is 11.8 Å². The van der Waals surface area contributed by atoms with Gasteiger partial charge in [0.15, 0.2) is 5.82 Å². The smallest absolute Gasteiger partial charge is 0.164 e. The number of hydrogen-bond acceptors (Lipinski definition) is 5. The maximum atomic E-state index is 6.07. The van der Waals surface area contributed by atoms with E-state index < -0.39 is 0 Å². The Kier molecular flexibility index (Phi) is 4.63. The molecule has 0 radical (unpaired) electrons. The Hall–Kier alpha value is -0.590. The molecule has 2 aliphatic heterocycles. The average molecular weight is 296 g/mol. The quantitative estimate of drug-likeness (QED) is 0.842. The SMILES string of the molecule is CCCNCc1ncn(C2CCOC3(CCSC3)C2)n1. The number of aromatic nitrogens is 3. The van der Waals surface area contributed by atoms with E-state index in [0.29, 0.717) is 6.04 Å². The average Bonchev–Trinajstić information content (AvgIpc) is 3.09. The minimum absolute atomic E-state index is 0.111. The summed E-state index contributed by atoms with van der Waals surface area (Å²) in [4.78, 5) is 4.42. The summed E-state index contributed by atoms with van der Waals surface area (Å²) in [5.74, 6) is 3.28. The molecule has 2 atom stereocenters. The first-order valence-corrected chi connectivity index (χ1v) is 8.79. The molecule has 2 saturated heterocycles. The van der Waals surface area contributed by atoms with Crippen LogP contribution < -0.4 is 5.32 Å². The highest BCUT2D eigenvalue weighted by atomic mass is 32.2. The number of nitrogens with one attached hydrogen (secondary N) is 1. The fourth-order valence-electron chi connectivity index (χ4n) is 3.04. The summed E-state index contributed by atoms with van der Waals surface area (Å²) in [6.07, 6.45) is 6.37. The molecule has 1 N–H and O–H groups in total. The molecule has 0 amide bonds. The van der Waals surface area contributed by atoms with Crippen LogP contribution >= 0.6 is 11.8 Å². The molecule has 2 fully saturated rings. The van der Waals surface area contributed by atoms with Gasteiger partial charge in [0, 0.05) is 12.4 Å². The van der Waals surface area contributed by atoms with Crippen LogP contribution in [-0.4, -0.2) is 45.0 Å². The van der Waals surface area contributed by atoms with Crippen molar-refractivity contribution in [2.75, 3.05) is 24.7 Å². The molecule has 1 aromatic rings. The van der Waals surface area contributed by atoms with E-state index in [2.05, 4.69) is 27.0 Å². The van der Waals surface area contributed by atoms with E-state index in [1.54, 1.807) is 0 Å². The van der Waals surface area contributed by atoms with E-state index in [1.807, 2.05) is 18.1 Å². The van der Waals surface area contributed by atoms with E-state index >= 15 is 0 Å². The molecule has 0 saturated carbocycles. The minimum Gasteiger partial charge on any atom is -0.374 e. The molecule has 20 heavy (non-hydrogen) atoms. The summed E-state index contributed by atoms with van der Waals surface area (Å²) in [5, 5.41) is 7.99. The molecule has 0 aromatic carbocycles. The Labute approximate surface area is 124 Å². The Bertz CT molecular complexity index is 431. The molecular weight excluding hydrogens is 272 g/mol. The largest absolute Gasteiger partial charge is 0.374 e. The molecule has 6 heteroatoms. The van der Waals surface area contributed by atoms with Gasteiger partial charge in [-0.05, 0) is 38.0 Å². The summed E-state index contributed by atoms with van der Waals surface area (Å²) in [6.45, 7) is 4.81. The Morgan fingerprint density at radius 1 is 1.60 bits per heavy atom. The summed E-state index contributed by atoms with van der Waals surface area (Å²) in [5.41, 5.74) is 0.111. The molecule has 1 aromatic heterocycles. The second-order valence-corrected chi connectivity index (χ2v) is 6.90. The van der Waals surface area contributed by atoms with E-state index in [4.69, 9.17) is 4.74 Å². The Morgan fingerprint density at radius 3 is 3.35 bits per heavy atom. The lowest BCUT2D eigenvalue weighted by Crippen LogP contribution is -2.40. The molecule has 0 bridgehead atoms. The fourth-order valence-corrected chi connectivity index (χ4v) is 4.41. The lowest BCUT2D eigenvalue weighted by atomic mass is 9.90. The second-order valence-electron chi connectivity index (χ2n) is 5.80. The molecule has 0 aliphatic carbocycles. The van der Waals surface area contributed by atoms with Crippen molar-refractivity contribution in [1.29, 1.82) is 0 Å². The van der Waals surface area contributed by atoms with Crippen LogP contribution in [0, 0.1) is 0 Å². The van der Waals surface area contributed by atoms with Crippen molar-refractivity contribution < 1.29 is 4.74 Å². The van der Waals surface area contributed by atoms with Crippen molar-refractivity contribution in [3.05, 3.63) is 12.2 Å². The van der Waals surface area contributed by atoms with Gasteiger partial charge in [-0.25, -0.2) is 9.67 Å². The molecule has 3 rings (SSSR count). The maximum absolute atomic E-state index is 6.07. The summed E-state index contributed by atoms with van der Waals surface area (Å²) < 4.78 is 8.14. The van der Waals surface area contributed by atoms with Crippen LogP contribution in [0.25, 0.3) is 0 Å². The molecule has 5 nitrogen and oxygen atoms in total. The highest BCUT2D eigenvalue weighted by molar-refractivity contribution is 7.99. The molecule has 2 unspecified atom stereocenters. The minimum atomic E-state index is 0.111. The van der Waals surface area contributed by atoms with E-state index in [0.717, 1.165) is 50.5 Å². The topological polar surface area (TPSA) is 52.0 Å². The van der Waals surface area contributed by atoms with Crippen molar-refractivity contribution in [2.24, 2.45) is 0 Å². The van der Waals surface area contributed by atoms with Gasteiger partial charge in [-0.3, -0.25) is 0 Å². The molecule has 112 valence electrons. The molecule has 2 aliphatic rings. The first-order chi connectivity index (χ1) is 9.81. The van der Waals surface area contributed by atoms with Crippen LogP contribution in [0.2, 0.25) is 0 Å². The van der Waals surface area contributed by atoms with Gasteiger partial charge in [-0.2, -0.15) is 16.9 Å². The van der Waals surface area contributed by atoms with Crippen LogP contribution in [0.3, 0.4) is 0 Å². The number of nitrogens with zero attached hydrogens (tertiary/aromatic N) is 3. The van der Waals surface area contributed by atoms with Gasteiger partial charge < -0.3 is 10.1 Å². The standard InChI is InChI=1S/C14H24N4OS/c1-2-5-15-9-13-16-11-18(17-13)12-3-6-19-14(8-12)4-7-20-10-14/h11-12,15H,2-10H2,1H3. The monoisotopic (exact) mass is 296 g/mol. The summed E-state index contributed by atoms with van der Waals surface area (Å²) in [6, 6.07) is 0.454. The number of ether oxygens (including phenoxy) is 1. The predicted octanol–water partition coefficient (Wildman–Crippen LogP) is 2.00. The third-order valence-corrected chi connectivity index (χ3v) is 5.40. The van der Waals surface area contributed by atoms with Crippen molar-refractivity contribution in [3.8, 4) is 0 Å².